The predicted octanol–water partition coefficient (Wildman–Crippen LogP) is 4.29. The Bertz CT molecular complexity index is 961. The van der Waals surface area contributed by atoms with Crippen molar-refractivity contribution in [1.82, 2.24) is 4.90 Å². The van der Waals surface area contributed by atoms with Crippen LogP contribution in [0.2, 0.25) is 0 Å². The number of rotatable bonds is 3. The Hall–Kier alpha value is -0.920. The Morgan fingerprint density at radius 3 is 2.55 bits per heavy atom. The summed E-state index contributed by atoms with van der Waals surface area (Å²) in [5.74, 6) is 2.12. The monoisotopic (exact) mass is 464 g/mol. The van der Waals surface area contributed by atoms with Gasteiger partial charge in [-0.25, -0.2) is 8.42 Å². The summed E-state index contributed by atoms with van der Waals surface area (Å²) in [7, 11) is -1.49. The van der Waals surface area contributed by atoms with Gasteiger partial charge in [0.2, 0.25) is 15.7 Å². The van der Waals surface area contributed by atoms with Crippen LogP contribution in [0.3, 0.4) is 0 Å². The van der Waals surface area contributed by atoms with Crippen molar-refractivity contribution in [3.8, 4) is 0 Å². The van der Waals surface area contributed by atoms with Crippen LogP contribution in [0.4, 0.5) is 0 Å². The van der Waals surface area contributed by atoms with E-state index in [1.165, 1.54) is 11.3 Å². The molecule has 5 nitrogen and oxygen atoms in total. The molecule has 2 N–H and O–H groups in total. The summed E-state index contributed by atoms with van der Waals surface area (Å²) >= 11 is 1.28. The fourth-order valence-electron chi connectivity index (χ4n) is 8.51. The highest BCUT2D eigenvalue weighted by Gasteiger charge is 2.62. The number of sulfone groups is 1. The molecule has 1 aliphatic heterocycles. The SMILES string of the molecule is CN1C(=O)CC[C@]2(C)[C@H]3CC[C@]4(C)[C@@H](C(N)S(=O)(=O)c5cccs5)CC[C@H]4[C@@H]3CC[C@@H]12. The first-order valence-electron chi connectivity index (χ1n) is 11.9. The lowest BCUT2D eigenvalue weighted by Crippen LogP contribution is -2.61. The molecule has 1 amide bonds. The maximum absolute atomic E-state index is 13.2. The molecule has 3 aliphatic carbocycles. The predicted molar refractivity (Wildman–Crippen MR) is 123 cm³/mol. The molecule has 0 spiro atoms. The summed E-state index contributed by atoms with van der Waals surface area (Å²) in [6.45, 7) is 4.76. The van der Waals surface area contributed by atoms with Crippen LogP contribution in [0.15, 0.2) is 21.7 Å². The normalized spacial score (nSPS) is 43.8. The van der Waals surface area contributed by atoms with Gasteiger partial charge in [-0.3, -0.25) is 4.79 Å². The Kier molecular flexibility index (Phi) is 5.15. The minimum atomic E-state index is -3.49. The number of carbonyl (C=O) groups is 1. The molecule has 4 aliphatic rings. The fourth-order valence-corrected chi connectivity index (χ4v) is 11.4. The van der Waals surface area contributed by atoms with E-state index in [9.17, 15) is 13.2 Å². The van der Waals surface area contributed by atoms with Crippen molar-refractivity contribution in [3.63, 3.8) is 0 Å². The zero-order valence-electron chi connectivity index (χ0n) is 18.9. The van der Waals surface area contributed by atoms with Crippen molar-refractivity contribution in [2.45, 2.75) is 80.8 Å². The van der Waals surface area contributed by atoms with E-state index in [-0.39, 0.29) is 16.7 Å². The second kappa shape index (κ2) is 7.29. The summed E-state index contributed by atoms with van der Waals surface area (Å²) in [4.78, 5) is 14.4. The molecule has 7 heteroatoms. The summed E-state index contributed by atoms with van der Waals surface area (Å²) in [5.41, 5.74) is 6.73. The van der Waals surface area contributed by atoms with E-state index in [2.05, 4.69) is 13.8 Å². The second-order valence-corrected chi connectivity index (χ2v) is 14.4. The highest BCUT2D eigenvalue weighted by molar-refractivity contribution is 7.94. The number of hydrogen-bond acceptors (Lipinski definition) is 5. The Labute approximate surface area is 190 Å². The van der Waals surface area contributed by atoms with Gasteiger partial charge in [0.15, 0.2) is 0 Å². The molecular weight excluding hydrogens is 428 g/mol. The van der Waals surface area contributed by atoms with Gasteiger partial charge in [0.1, 0.15) is 9.58 Å². The fraction of sp³-hybridized carbons (Fsp3) is 0.792. The van der Waals surface area contributed by atoms with Crippen LogP contribution in [0.5, 0.6) is 0 Å². The number of piperidine rings is 1. The van der Waals surface area contributed by atoms with Crippen molar-refractivity contribution >= 4 is 27.1 Å². The van der Waals surface area contributed by atoms with E-state index in [0.29, 0.717) is 40.3 Å². The third-order valence-corrected chi connectivity index (χ3v) is 13.6. The largest absolute Gasteiger partial charge is 0.342 e. The van der Waals surface area contributed by atoms with E-state index < -0.39 is 15.2 Å². The van der Waals surface area contributed by atoms with Crippen molar-refractivity contribution in [2.75, 3.05) is 7.05 Å². The maximum atomic E-state index is 13.2. The Morgan fingerprint density at radius 2 is 1.84 bits per heavy atom. The van der Waals surface area contributed by atoms with E-state index in [1.807, 2.05) is 17.3 Å². The van der Waals surface area contributed by atoms with Crippen molar-refractivity contribution in [1.29, 1.82) is 0 Å². The van der Waals surface area contributed by atoms with E-state index in [4.69, 9.17) is 5.73 Å². The number of likely N-dealkylation sites (tertiary alicyclic amines) is 1. The van der Waals surface area contributed by atoms with Gasteiger partial charge < -0.3 is 10.6 Å². The quantitative estimate of drug-likeness (QED) is 0.724. The van der Waals surface area contributed by atoms with Crippen molar-refractivity contribution in [3.05, 3.63) is 17.5 Å². The molecule has 31 heavy (non-hydrogen) atoms. The first-order valence-corrected chi connectivity index (χ1v) is 14.3. The summed E-state index contributed by atoms with van der Waals surface area (Å²) in [5, 5.41) is 0.998. The van der Waals surface area contributed by atoms with Crippen LogP contribution in [0.1, 0.15) is 65.2 Å². The average molecular weight is 465 g/mol. The van der Waals surface area contributed by atoms with E-state index in [1.54, 1.807) is 12.1 Å². The van der Waals surface area contributed by atoms with Crippen molar-refractivity contribution in [2.24, 2.45) is 40.2 Å². The summed E-state index contributed by atoms with van der Waals surface area (Å²) in [6.07, 6.45) is 8.09. The number of nitrogens with two attached hydrogens (primary N) is 1. The lowest BCUT2D eigenvalue weighted by atomic mass is 9.47. The topological polar surface area (TPSA) is 80.5 Å². The molecular formula is C24H36N2O3S2. The molecule has 0 radical (unpaired) electrons. The minimum absolute atomic E-state index is 0.00943. The Morgan fingerprint density at radius 1 is 1.10 bits per heavy atom. The van der Waals surface area contributed by atoms with Crippen LogP contribution >= 0.6 is 11.3 Å². The Balaban J connectivity index is 1.42. The number of hydrogen-bond donors (Lipinski definition) is 1. The third kappa shape index (κ3) is 3.02. The highest BCUT2D eigenvalue weighted by Crippen LogP contribution is 2.66. The number of amides is 1. The number of thiophene rings is 1. The first kappa shape index (κ1) is 21.9. The molecule has 1 aromatic heterocycles. The van der Waals surface area contributed by atoms with Crippen LogP contribution in [-0.4, -0.2) is 37.7 Å². The van der Waals surface area contributed by atoms with Crippen LogP contribution in [0, 0.1) is 34.5 Å². The van der Waals surface area contributed by atoms with Gasteiger partial charge in [-0.1, -0.05) is 19.9 Å². The molecule has 2 heterocycles. The van der Waals surface area contributed by atoms with Gasteiger partial charge in [0.25, 0.3) is 0 Å². The zero-order valence-corrected chi connectivity index (χ0v) is 20.6. The average Bonchev–Trinajstić information content (AvgIpc) is 3.38. The molecule has 0 bridgehead atoms. The molecule has 1 saturated heterocycles. The number of fused-ring (bicyclic) bond motifs is 5. The lowest BCUT2D eigenvalue weighted by molar-refractivity contribution is -0.158. The van der Waals surface area contributed by atoms with Gasteiger partial charge >= 0.3 is 0 Å². The molecule has 0 aromatic carbocycles. The minimum Gasteiger partial charge on any atom is -0.342 e. The van der Waals surface area contributed by atoms with E-state index >= 15 is 0 Å². The van der Waals surface area contributed by atoms with Crippen LogP contribution < -0.4 is 5.73 Å². The summed E-state index contributed by atoms with van der Waals surface area (Å²) in [6, 6.07) is 3.84. The van der Waals surface area contributed by atoms with Gasteiger partial charge in [-0.05, 0) is 90.9 Å². The molecule has 3 saturated carbocycles. The highest BCUT2D eigenvalue weighted by atomic mass is 32.2. The molecule has 1 aromatic rings. The van der Waals surface area contributed by atoms with E-state index in [0.717, 1.165) is 44.9 Å². The van der Waals surface area contributed by atoms with Crippen molar-refractivity contribution < 1.29 is 13.2 Å². The standard InChI is InChI=1S/C24H36N2O3S2/c1-23-12-10-17-15(6-9-19-24(17,2)13-11-20(27)26(19)3)16(23)7-8-18(23)22(25)31(28,29)21-5-4-14-30-21/h4-5,14-19,22H,6-13,25H2,1-3H3/t15-,16-,17-,18+,19+,22?,23-,24+/m0/s1. The maximum Gasteiger partial charge on any atom is 0.222 e. The number of carbonyl (C=O) groups excluding carboxylic acids is 1. The number of nitrogens with zero attached hydrogens (tertiary/aromatic N) is 1. The zero-order chi connectivity index (χ0) is 22.2. The smallest absolute Gasteiger partial charge is 0.222 e. The lowest BCUT2D eigenvalue weighted by Gasteiger charge is -2.62. The van der Waals surface area contributed by atoms with Crippen LogP contribution in [-0.2, 0) is 14.6 Å². The second-order valence-electron chi connectivity index (χ2n) is 11.2. The molecule has 172 valence electrons. The first-order chi connectivity index (χ1) is 14.6. The van der Waals surface area contributed by atoms with Gasteiger partial charge in [-0.15, -0.1) is 11.3 Å². The van der Waals surface area contributed by atoms with Gasteiger partial charge in [0, 0.05) is 19.5 Å². The summed E-state index contributed by atoms with van der Waals surface area (Å²) < 4.78 is 26.9. The van der Waals surface area contributed by atoms with Crippen LogP contribution in [0.25, 0.3) is 0 Å². The molecule has 5 rings (SSSR count). The van der Waals surface area contributed by atoms with Gasteiger partial charge in [-0.2, -0.15) is 0 Å². The van der Waals surface area contributed by atoms with Gasteiger partial charge in [0.05, 0.1) is 0 Å². The third-order valence-electron chi connectivity index (χ3n) is 10.2. The molecule has 4 fully saturated rings. The molecule has 1 unspecified atom stereocenters. The molecule has 8 atom stereocenters.